The quantitative estimate of drug-likeness (QED) is 0.811. The molecule has 0 saturated carbocycles. The summed E-state index contributed by atoms with van der Waals surface area (Å²) in [6.07, 6.45) is 1.25. The van der Waals surface area contributed by atoms with Gasteiger partial charge in [0.1, 0.15) is 0 Å². The summed E-state index contributed by atoms with van der Waals surface area (Å²) in [4.78, 5) is 11.8. The zero-order valence-corrected chi connectivity index (χ0v) is 12.8. The number of ether oxygens (including phenoxy) is 1. The van der Waals surface area contributed by atoms with Crippen LogP contribution in [-0.2, 0) is 9.53 Å². The summed E-state index contributed by atoms with van der Waals surface area (Å²) >= 11 is 3.44. The highest BCUT2D eigenvalue weighted by Crippen LogP contribution is 2.25. The Morgan fingerprint density at radius 1 is 1.33 bits per heavy atom. The third kappa shape index (κ3) is 4.78. The molecule has 0 aliphatic carbocycles. The molecule has 0 heterocycles. The van der Waals surface area contributed by atoms with Gasteiger partial charge in [-0.1, -0.05) is 15.9 Å². The van der Waals surface area contributed by atoms with E-state index in [0.29, 0.717) is 19.6 Å². The molecule has 1 aromatic rings. The first kappa shape index (κ1) is 15.2. The second-order valence-corrected chi connectivity index (χ2v) is 5.18. The van der Waals surface area contributed by atoms with Gasteiger partial charge >= 0.3 is 0 Å². The zero-order chi connectivity index (χ0) is 13.5. The first-order valence-electron chi connectivity index (χ1n) is 6.19. The van der Waals surface area contributed by atoms with Crippen molar-refractivity contribution in [3.63, 3.8) is 0 Å². The van der Waals surface area contributed by atoms with Crippen molar-refractivity contribution in [2.45, 2.75) is 33.6 Å². The Kier molecular flexibility index (Phi) is 6.36. The molecule has 1 N–H and O–H groups in total. The summed E-state index contributed by atoms with van der Waals surface area (Å²) in [5.41, 5.74) is 3.06. The molecule has 1 rings (SSSR count). The highest BCUT2D eigenvalue weighted by Gasteiger charge is 2.08. The Bertz CT molecular complexity index is 395. The van der Waals surface area contributed by atoms with E-state index in [4.69, 9.17) is 4.74 Å². The van der Waals surface area contributed by atoms with E-state index >= 15 is 0 Å². The van der Waals surface area contributed by atoms with Crippen LogP contribution in [0.15, 0.2) is 16.6 Å². The number of rotatable bonds is 6. The molecule has 1 aromatic carbocycles. The van der Waals surface area contributed by atoms with E-state index in [2.05, 4.69) is 21.2 Å². The van der Waals surface area contributed by atoms with Gasteiger partial charge in [0.15, 0.2) is 0 Å². The number of carbonyl (C=O) groups is 1. The molecule has 0 atom stereocenters. The molecule has 0 aliphatic rings. The maximum atomic E-state index is 11.8. The number of nitrogens with one attached hydrogen (secondary N) is 1. The van der Waals surface area contributed by atoms with E-state index in [1.54, 1.807) is 0 Å². The maximum Gasteiger partial charge on any atom is 0.224 e. The van der Waals surface area contributed by atoms with E-state index < -0.39 is 0 Å². The first-order chi connectivity index (χ1) is 8.54. The van der Waals surface area contributed by atoms with Crippen molar-refractivity contribution in [2.24, 2.45) is 0 Å². The predicted molar refractivity (Wildman–Crippen MR) is 78.0 cm³/mol. The predicted octanol–water partition coefficient (Wildman–Crippen LogP) is 3.82. The third-order valence-electron chi connectivity index (χ3n) is 2.66. The van der Waals surface area contributed by atoms with E-state index in [-0.39, 0.29) is 5.91 Å². The summed E-state index contributed by atoms with van der Waals surface area (Å²) < 4.78 is 6.25. The van der Waals surface area contributed by atoms with Crippen molar-refractivity contribution in [3.05, 3.63) is 27.7 Å². The molecule has 18 heavy (non-hydrogen) atoms. The van der Waals surface area contributed by atoms with Gasteiger partial charge in [-0.25, -0.2) is 0 Å². The molecular formula is C14H20BrNO2. The van der Waals surface area contributed by atoms with Crippen LogP contribution in [0.3, 0.4) is 0 Å². The van der Waals surface area contributed by atoms with Gasteiger partial charge in [0.05, 0.1) is 0 Å². The van der Waals surface area contributed by atoms with E-state index in [9.17, 15) is 4.79 Å². The molecule has 0 aromatic heterocycles. The zero-order valence-electron chi connectivity index (χ0n) is 11.2. The summed E-state index contributed by atoms with van der Waals surface area (Å²) in [5.74, 6) is 0.0447. The highest BCUT2D eigenvalue weighted by molar-refractivity contribution is 9.10. The lowest BCUT2D eigenvalue weighted by atomic mass is 10.1. The van der Waals surface area contributed by atoms with E-state index in [1.807, 2.05) is 32.9 Å². The van der Waals surface area contributed by atoms with Crippen LogP contribution in [0, 0.1) is 13.8 Å². The summed E-state index contributed by atoms with van der Waals surface area (Å²) in [6, 6.07) is 4.01. The van der Waals surface area contributed by atoms with Gasteiger partial charge in [0.2, 0.25) is 5.91 Å². The van der Waals surface area contributed by atoms with E-state index in [1.165, 1.54) is 0 Å². The summed E-state index contributed by atoms with van der Waals surface area (Å²) in [5, 5.41) is 2.97. The number of carbonyl (C=O) groups excluding carboxylic acids is 1. The van der Waals surface area contributed by atoms with Gasteiger partial charge in [-0.2, -0.15) is 0 Å². The molecule has 0 bridgehead atoms. The summed E-state index contributed by atoms with van der Waals surface area (Å²) in [6.45, 7) is 7.28. The van der Waals surface area contributed by atoms with Crippen molar-refractivity contribution in [3.8, 4) is 0 Å². The molecule has 3 nitrogen and oxygen atoms in total. The fraction of sp³-hybridized carbons (Fsp3) is 0.500. The second kappa shape index (κ2) is 7.54. The molecule has 4 heteroatoms. The molecule has 0 unspecified atom stereocenters. The van der Waals surface area contributed by atoms with Crippen LogP contribution in [0.2, 0.25) is 0 Å². The number of benzene rings is 1. The van der Waals surface area contributed by atoms with Crippen LogP contribution in [0.1, 0.15) is 30.9 Å². The number of anilines is 1. The maximum absolute atomic E-state index is 11.8. The smallest absolute Gasteiger partial charge is 0.224 e. The topological polar surface area (TPSA) is 38.3 Å². The Morgan fingerprint density at radius 2 is 1.94 bits per heavy atom. The minimum Gasteiger partial charge on any atom is -0.382 e. The molecular weight excluding hydrogens is 294 g/mol. The van der Waals surface area contributed by atoms with Gasteiger partial charge < -0.3 is 10.1 Å². The fourth-order valence-electron chi connectivity index (χ4n) is 1.79. The van der Waals surface area contributed by atoms with Gasteiger partial charge in [-0.05, 0) is 50.5 Å². The monoisotopic (exact) mass is 313 g/mol. The Hall–Kier alpha value is -0.870. The van der Waals surface area contributed by atoms with Gasteiger partial charge in [0.25, 0.3) is 0 Å². The van der Waals surface area contributed by atoms with E-state index in [0.717, 1.165) is 27.7 Å². The minimum absolute atomic E-state index is 0.0447. The minimum atomic E-state index is 0.0447. The number of hydrogen-bond acceptors (Lipinski definition) is 2. The lowest BCUT2D eigenvalue weighted by Crippen LogP contribution is -2.14. The second-order valence-electron chi connectivity index (χ2n) is 4.26. The van der Waals surface area contributed by atoms with Crippen LogP contribution in [-0.4, -0.2) is 19.1 Å². The Morgan fingerprint density at radius 3 is 2.50 bits per heavy atom. The van der Waals surface area contributed by atoms with Crippen molar-refractivity contribution in [1.82, 2.24) is 0 Å². The first-order valence-corrected chi connectivity index (χ1v) is 6.98. The Balaban J connectivity index is 2.54. The lowest BCUT2D eigenvalue weighted by Gasteiger charge is -2.12. The van der Waals surface area contributed by atoms with Gasteiger partial charge in [-0.15, -0.1) is 0 Å². The molecule has 0 fully saturated rings. The molecule has 0 spiro atoms. The molecule has 1 amide bonds. The van der Waals surface area contributed by atoms with Crippen molar-refractivity contribution in [1.29, 1.82) is 0 Å². The average molecular weight is 314 g/mol. The van der Waals surface area contributed by atoms with Crippen molar-refractivity contribution >= 4 is 27.5 Å². The standard InChI is InChI=1S/C14H20BrNO2/c1-4-18-7-5-6-13(17)16-14-10(2)8-12(15)9-11(14)3/h8-9H,4-7H2,1-3H3,(H,16,17). The van der Waals surface area contributed by atoms with Crippen molar-refractivity contribution in [2.75, 3.05) is 18.5 Å². The fourth-order valence-corrected chi connectivity index (χ4v) is 2.48. The van der Waals surface area contributed by atoms with Crippen LogP contribution in [0.5, 0.6) is 0 Å². The lowest BCUT2D eigenvalue weighted by molar-refractivity contribution is -0.116. The van der Waals surface area contributed by atoms with Crippen LogP contribution >= 0.6 is 15.9 Å². The number of hydrogen-bond donors (Lipinski definition) is 1. The SMILES string of the molecule is CCOCCCC(=O)Nc1c(C)cc(Br)cc1C. The Labute approximate surface area is 117 Å². The molecule has 0 saturated heterocycles. The largest absolute Gasteiger partial charge is 0.382 e. The highest BCUT2D eigenvalue weighted by atomic mass is 79.9. The molecule has 0 aliphatic heterocycles. The number of halogens is 1. The molecule has 100 valence electrons. The third-order valence-corrected chi connectivity index (χ3v) is 3.12. The average Bonchev–Trinajstić information content (AvgIpc) is 2.29. The van der Waals surface area contributed by atoms with Crippen LogP contribution in [0.4, 0.5) is 5.69 Å². The normalized spacial score (nSPS) is 10.4. The van der Waals surface area contributed by atoms with Crippen molar-refractivity contribution < 1.29 is 9.53 Å². The van der Waals surface area contributed by atoms with Gasteiger partial charge in [0, 0.05) is 29.8 Å². The summed E-state index contributed by atoms with van der Waals surface area (Å²) in [7, 11) is 0. The van der Waals surface area contributed by atoms with Crippen LogP contribution < -0.4 is 5.32 Å². The molecule has 0 radical (unpaired) electrons. The number of amides is 1. The van der Waals surface area contributed by atoms with Crippen LogP contribution in [0.25, 0.3) is 0 Å². The van der Waals surface area contributed by atoms with Gasteiger partial charge in [-0.3, -0.25) is 4.79 Å². The number of aryl methyl sites for hydroxylation is 2.